The number of likely N-dealkylation sites (tertiary alicyclic amines) is 1. The number of amides is 1. The van der Waals surface area contributed by atoms with E-state index in [1.807, 2.05) is 18.2 Å². The average Bonchev–Trinajstić information content (AvgIpc) is 3.22. The first-order valence-corrected chi connectivity index (χ1v) is 12.2. The summed E-state index contributed by atoms with van der Waals surface area (Å²) in [5.41, 5.74) is 10.1. The van der Waals surface area contributed by atoms with Crippen molar-refractivity contribution in [2.45, 2.75) is 38.0 Å². The largest absolute Gasteiger partial charge is 0.369 e. The molecule has 0 radical (unpaired) electrons. The second-order valence-electron chi connectivity index (χ2n) is 10.1. The minimum Gasteiger partial charge on any atom is -0.369 e. The van der Waals surface area contributed by atoms with Gasteiger partial charge in [-0.3, -0.25) is 4.79 Å². The highest BCUT2D eigenvalue weighted by Crippen LogP contribution is 2.45. The molecule has 0 bridgehead atoms. The fraction of sp³-hybridized carbons (Fsp3) is 0.367. The van der Waals surface area contributed by atoms with Gasteiger partial charge in [-0.2, -0.15) is 0 Å². The van der Waals surface area contributed by atoms with Gasteiger partial charge in [0.1, 0.15) is 5.41 Å². The van der Waals surface area contributed by atoms with Crippen molar-refractivity contribution in [3.8, 4) is 0 Å². The first kappa shape index (κ1) is 23.3. The van der Waals surface area contributed by atoms with E-state index in [9.17, 15) is 4.79 Å². The minimum atomic E-state index is -0.797. The van der Waals surface area contributed by atoms with Gasteiger partial charge in [0.2, 0.25) is 5.91 Å². The quantitative estimate of drug-likeness (QED) is 0.357. The second-order valence-corrected chi connectivity index (χ2v) is 10.1. The van der Waals surface area contributed by atoms with Gasteiger partial charge in [-0.25, -0.2) is 0 Å². The summed E-state index contributed by atoms with van der Waals surface area (Å²) >= 11 is 0. The molecule has 33 heavy (non-hydrogen) atoms. The number of rotatable bonds is 9. The number of aryl methyl sites for hydroxylation is 2. The third-order valence-corrected chi connectivity index (χ3v) is 7.67. The number of carbonyl (C=O) groups is 1. The number of hydrogen-bond donors (Lipinski definition) is 1. The van der Waals surface area contributed by atoms with Crippen LogP contribution in [0.1, 0.15) is 41.5 Å². The Balaban J connectivity index is 1.55. The van der Waals surface area contributed by atoms with Crippen molar-refractivity contribution in [2.75, 3.05) is 26.7 Å². The van der Waals surface area contributed by atoms with E-state index in [1.165, 1.54) is 24.0 Å². The van der Waals surface area contributed by atoms with E-state index in [1.54, 1.807) is 0 Å². The molecule has 4 rings (SSSR count). The molecule has 172 valence electrons. The number of unbranched alkanes of at least 4 members (excludes halogenated alkanes) is 1. The highest BCUT2D eigenvalue weighted by molar-refractivity contribution is 5.91. The maximum atomic E-state index is 13.3. The summed E-state index contributed by atoms with van der Waals surface area (Å²) in [6.45, 7) is 5.28. The van der Waals surface area contributed by atoms with Crippen molar-refractivity contribution < 1.29 is 9.28 Å². The zero-order chi connectivity index (χ0) is 23.3. The van der Waals surface area contributed by atoms with E-state index in [4.69, 9.17) is 5.73 Å². The molecule has 2 N–H and O–H groups in total. The molecule has 0 aliphatic carbocycles. The molecule has 2 unspecified atom stereocenters. The summed E-state index contributed by atoms with van der Waals surface area (Å²) in [7, 11) is 2.36. The van der Waals surface area contributed by atoms with Gasteiger partial charge in [0.05, 0.1) is 26.7 Å². The van der Waals surface area contributed by atoms with E-state index in [2.05, 4.69) is 80.7 Å². The van der Waals surface area contributed by atoms with Crippen molar-refractivity contribution in [3.05, 3.63) is 107 Å². The van der Waals surface area contributed by atoms with Gasteiger partial charge < -0.3 is 10.2 Å². The molecular formula is C30H37N2O+. The summed E-state index contributed by atoms with van der Waals surface area (Å²) in [6, 6.07) is 29.4. The predicted molar refractivity (Wildman–Crippen MR) is 136 cm³/mol. The van der Waals surface area contributed by atoms with Crippen molar-refractivity contribution in [1.82, 2.24) is 0 Å². The molecule has 1 aliphatic heterocycles. The van der Waals surface area contributed by atoms with Gasteiger partial charge in [-0.15, -0.1) is 0 Å². The van der Waals surface area contributed by atoms with Crippen molar-refractivity contribution in [2.24, 2.45) is 11.7 Å². The molecule has 0 saturated carbocycles. The maximum absolute atomic E-state index is 13.3. The number of nitrogens with two attached hydrogens (primary N) is 1. The molecule has 1 amide bonds. The molecule has 3 nitrogen and oxygen atoms in total. The van der Waals surface area contributed by atoms with Crippen LogP contribution in [-0.2, 0) is 16.6 Å². The van der Waals surface area contributed by atoms with E-state index in [0.717, 1.165) is 48.1 Å². The Morgan fingerprint density at radius 2 is 1.52 bits per heavy atom. The zero-order valence-corrected chi connectivity index (χ0v) is 20.0. The number of hydrogen-bond acceptors (Lipinski definition) is 1. The normalized spacial score (nSPS) is 22.1. The Morgan fingerprint density at radius 3 is 2.15 bits per heavy atom. The van der Waals surface area contributed by atoms with Crippen LogP contribution in [-0.4, -0.2) is 37.1 Å². The van der Waals surface area contributed by atoms with Gasteiger partial charge in [-0.05, 0) is 42.9 Å². The summed E-state index contributed by atoms with van der Waals surface area (Å²) < 4.78 is 1.01. The third kappa shape index (κ3) is 4.89. The molecule has 0 aromatic heterocycles. The number of quaternary nitrogens is 1. The Labute approximate surface area is 198 Å². The standard InChI is InChI=1S/C30H36N2O/c1-24-16-18-27(19-17-24)30(29(31)33,26-14-7-4-8-15-26)28-20-22-32(2,23-28)21-10-9-13-25-11-5-3-6-12-25/h3-8,11-12,14-19,28H,9-10,13,20-23H2,1-2H3,(H-,31,33)/p+1/t28-,30?,32?/m1/s1. The molecule has 1 heterocycles. The van der Waals surface area contributed by atoms with Crippen LogP contribution in [0.15, 0.2) is 84.9 Å². The number of primary amides is 1. The van der Waals surface area contributed by atoms with E-state index >= 15 is 0 Å². The first-order chi connectivity index (χ1) is 15.9. The van der Waals surface area contributed by atoms with E-state index < -0.39 is 5.41 Å². The van der Waals surface area contributed by atoms with E-state index in [-0.39, 0.29) is 11.8 Å². The third-order valence-electron chi connectivity index (χ3n) is 7.67. The Kier molecular flexibility index (Phi) is 6.99. The predicted octanol–water partition coefficient (Wildman–Crippen LogP) is 5.26. The van der Waals surface area contributed by atoms with Crippen LogP contribution in [0.25, 0.3) is 0 Å². The second kappa shape index (κ2) is 9.93. The SMILES string of the molecule is Cc1ccc(C(C(N)=O)(c2ccccc2)[C@@H]2CC[N+](C)(CCCCc3ccccc3)C2)cc1. The summed E-state index contributed by atoms with van der Waals surface area (Å²) in [5.74, 6) is -0.0562. The van der Waals surface area contributed by atoms with Crippen LogP contribution in [0.3, 0.4) is 0 Å². The van der Waals surface area contributed by atoms with Crippen molar-refractivity contribution in [3.63, 3.8) is 0 Å². The van der Waals surface area contributed by atoms with Crippen LogP contribution in [0.4, 0.5) is 0 Å². The molecule has 1 aliphatic rings. The molecule has 1 saturated heterocycles. The Bertz CT molecular complexity index is 1050. The van der Waals surface area contributed by atoms with E-state index in [0.29, 0.717) is 0 Å². The lowest BCUT2D eigenvalue weighted by Gasteiger charge is -2.38. The summed E-state index contributed by atoms with van der Waals surface area (Å²) in [6.07, 6.45) is 4.52. The van der Waals surface area contributed by atoms with Crippen LogP contribution in [0.2, 0.25) is 0 Å². The highest BCUT2D eigenvalue weighted by Gasteiger charge is 2.53. The average molecular weight is 442 g/mol. The van der Waals surface area contributed by atoms with Crippen LogP contribution in [0.5, 0.6) is 0 Å². The maximum Gasteiger partial charge on any atom is 0.233 e. The monoisotopic (exact) mass is 441 g/mol. The molecule has 3 heteroatoms. The van der Waals surface area contributed by atoms with Crippen LogP contribution < -0.4 is 5.73 Å². The number of benzene rings is 3. The van der Waals surface area contributed by atoms with Crippen LogP contribution in [0, 0.1) is 12.8 Å². The number of nitrogens with zero attached hydrogens (tertiary/aromatic N) is 1. The molecule has 0 spiro atoms. The van der Waals surface area contributed by atoms with Crippen LogP contribution >= 0.6 is 0 Å². The smallest absolute Gasteiger partial charge is 0.233 e. The molecular weight excluding hydrogens is 404 g/mol. The minimum absolute atomic E-state index is 0.180. The fourth-order valence-corrected chi connectivity index (χ4v) is 5.85. The summed E-state index contributed by atoms with van der Waals surface area (Å²) in [5, 5.41) is 0. The van der Waals surface area contributed by atoms with Gasteiger partial charge in [0, 0.05) is 12.3 Å². The lowest BCUT2D eigenvalue weighted by Crippen LogP contribution is -2.51. The summed E-state index contributed by atoms with van der Waals surface area (Å²) in [4.78, 5) is 13.3. The molecule has 3 atom stereocenters. The molecule has 3 aromatic carbocycles. The fourth-order valence-electron chi connectivity index (χ4n) is 5.85. The highest BCUT2D eigenvalue weighted by atomic mass is 16.1. The van der Waals surface area contributed by atoms with Gasteiger partial charge in [0.25, 0.3) is 0 Å². The lowest BCUT2D eigenvalue weighted by atomic mass is 9.64. The van der Waals surface area contributed by atoms with Crippen molar-refractivity contribution >= 4 is 5.91 Å². The van der Waals surface area contributed by atoms with Gasteiger partial charge >= 0.3 is 0 Å². The first-order valence-electron chi connectivity index (χ1n) is 12.2. The van der Waals surface area contributed by atoms with Gasteiger partial charge in [-0.1, -0.05) is 90.5 Å². The Hall–Kier alpha value is -2.91. The van der Waals surface area contributed by atoms with Crippen molar-refractivity contribution in [1.29, 1.82) is 0 Å². The lowest BCUT2D eigenvalue weighted by molar-refractivity contribution is -0.899. The molecule has 1 fully saturated rings. The topological polar surface area (TPSA) is 43.1 Å². The van der Waals surface area contributed by atoms with Gasteiger partial charge in [0.15, 0.2) is 0 Å². The molecule has 3 aromatic rings. The zero-order valence-electron chi connectivity index (χ0n) is 20.0. The Morgan fingerprint density at radius 1 is 0.909 bits per heavy atom. The number of carbonyl (C=O) groups excluding carboxylic acids is 1.